The molecule has 3 rings (SSSR count). The molecule has 0 aliphatic carbocycles. The highest BCUT2D eigenvalue weighted by Gasteiger charge is 2.23. The van der Waals surface area contributed by atoms with Gasteiger partial charge in [0, 0.05) is 24.3 Å². The van der Waals surface area contributed by atoms with Gasteiger partial charge in [-0.3, -0.25) is 9.89 Å². The summed E-state index contributed by atoms with van der Waals surface area (Å²) in [6.07, 6.45) is 1.66. The molecule has 0 saturated heterocycles. The first kappa shape index (κ1) is 16.5. The number of aromatic nitrogens is 2. The van der Waals surface area contributed by atoms with Crippen molar-refractivity contribution < 1.29 is 9.18 Å². The molecular formula is C18H18FN3OS. The topological polar surface area (TPSA) is 49.0 Å². The van der Waals surface area contributed by atoms with Crippen molar-refractivity contribution >= 4 is 35.1 Å². The summed E-state index contributed by atoms with van der Waals surface area (Å²) in [4.78, 5) is 13.9. The molecule has 3 aromatic rings. The summed E-state index contributed by atoms with van der Waals surface area (Å²) in [5.41, 5.74) is 3.87. The SMILES string of the molecule is CC(=O)N(C)c1c(F)c(C)c(-c2ccc(C)c(S)c2)c2cn[nH]c12. The van der Waals surface area contributed by atoms with E-state index in [2.05, 4.69) is 22.8 Å². The van der Waals surface area contributed by atoms with Crippen LogP contribution in [-0.2, 0) is 4.79 Å². The Labute approximate surface area is 145 Å². The molecule has 0 spiro atoms. The third-order valence-corrected chi connectivity index (χ3v) is 4.84. The number of fused-ring (bicyclic) bond motifs is 1. The third kappa shape index (κ3) is 2.47. The minimum absolute atomic E-state index is 0.217. The number of hydrogen-bond acceptors (Lipinski definition) is 3. The fourth-order valence-corrected chi connectivity index (χ4v) is 3.08. The van der Waals surface area contributed by atoms with E-state index < -0.39 is 5.82 Å². The van der Waals surface area contributed by atoms with Crippen LogP contribution in [0.5, 0.6) is 0 Å². The van der Waals surface area contributed by atoms with E-state index in [1.807, 2.05) is 25.1 Å². The normalized spacial score (nSPS) is 11.1. The Morgan fingerprint density at radius 1 is 1.33 bits per heavy atom. The van der Waals surface area contributed by atoms with Crippen LogP contribution in [-0.4, -0.2) is 23.2 Å². The average Bonchev–Trinajstić information content (AvgIpc) is 2.99. The average molecular weight is 343 g/mol. The number of thiol groups is 1. The number of nitrogens with one attached hydrogen (secondary N) is 1. The number of hydrogen-bond donors (Lipinski definition) is 2. The quantitative estimate of drug-likeness (QED) is 0.683. The van der Waals surface area contributed by atoms with Crippen molar-refractivity contribution in [2.24, 2.45) is 0 Å². The van der Waals surface area contributed by atoms with Gasteiger partial charge in [-0.25, -0.2) is 4.39 Å². The van der Waals surface area contributed by atoms with Gasteiger partial charge in [0.1, 0.15) is 5.69 Å². The van der Waals surface area contributed by atoms with Crippen LogP contribution in [0.15, 0.2) is 29.3 Å². The molecule has 0 fully saturated rings. The van der Waals surface area contributed by atoms with E-state index in [0.29, 0.717) is 11.1 Å². The second kappa shape index (κ2) is 5.94. The lowest BCUT2D eigenvalue weighted by atomic mass is 9.94. The van der Waals surface area contributed by atoms with Gasteiger partial charge in [0.15, 0.2) is 5.82 Å². The van der Waals surface area contributed by atoms with Gasteiger partial charge in [0.25, 0.3) is 0 Å². The smallest absolute Gasteiger partial charge is 0.223 e. The van der Waals surface area contributed by atoms with Gasteiger partial charge in [-0.05, 0) is 42.2 Å². The summed E-state index contributed by atoms with van der Waals surface area (Å²) in [5.74, 6) is -0.675. The summed E-state index contributed by atoms with van der Waals surface area (Å²) in [6, 6.07) is 5.81. The molecule has 0 radical (unpaired) electrons. The standard InChI is InChI=1S/C18H18FN3OS/c1-9-5-6-12(7-14(9)24)15-10(2)16(19)18(22(4)11(3)23)17-13(15)8-20-21-17/h5-8,24H,1-4H3,(H,20,21). The Bertz CT molecular complexity index is 965. The molecule has 4 nitrogen and oxygen atoms in total. The fourth-order valence-electron chi connectivity index (χ4n) is 2.86. The molecule has 0 saturated carbocycles. The molecule has 124 valence electrons. The number of rotatable bonds is 2. The molecule has 0 atom stereocenters. The van der Waals surface area contributed by atoms with Gasteiger partial charge >= 0.3 is 0 Å². The molecule has 0 unspecified atom stereocenters. The number of benzene rings is 2. The summed E-state index contributed by atoms with van der Waals surface area (Å²) >= 11 is 4.47. The largest absolute Gasteiger partial charge is 0.311 e. The van der Waals surface area contributed by atoms with Crippen LogP contribution in [0, 0.1) is 19.7 Å². The van der Waals surface area contributed by atoms with Crippen LogP contribution >= 0.6 is 12.6 Å². The second-order valence-electron chi connectivity index (χ2n) is 5.90. The number of nitrogens with zero attached hydrogens (tertiary/aromatic N) is 2. The van der Waals surface area contributed by atoms with Gasteiger partial charge in [0.05, 0.1) is 11.7 Å². The van der Waals surface area contributed by atoms with Crippen LogP contribution in [0.4, 0.5) is 10.1 Å². The summed E-state index contributed by atoms with van der Waals surface area (Å²) in [6.45, 7) is 5.09. The number of anilines is 1. The zero-order valence-corrected chi connectivity index (χ0v) is 14.8. The number of H-pyrrole nitrogens is 1. The molecule has 6 heteroatoms. The Kier molecular flexibility index (Phi) is 4.09. The lowest BCUT2D eigenvalue weighted by Crippen LogP contribution is -2.24. The number of carbonyl (C=O) groups excluding carboxylic acids is 1. The Morgan fingerprint density at radius 2 is 2.04 bits per heavy atom. The van der Waals surface area contributed by atoms with Crippen LogP contribution in [0.1, 0.15) is 18.1 Å². The lowest BCUT2D eigenvalue weighted by Gasteiger charge is -2.20. The van der Waals surface area contributed by atoms with E-state index in [4.69, 9.17) is 0 Å². The molecule has 1 N–H and O–H groups in total. The van der Waals surface area contributed by atoms with Crippen molar-refractivity contribution in [1.82, 2.24) is 10.2 Å². The summed E-state index contributed by atoms with van der Waals surface area (Å²) < 4.78 is 15.1. The molecule has 1 aromatic heterocycles. The Morgan fingerprint density at radius 3 is 2.67 bits per heavy atom. The van der Waals surface area contributed by atoms with Crippen molar-refractivity contribution in [3.8, 4) is 11.1 Å². The predicted molar refractivity (Wildman–Crippen MR) is 97.3 cm³/mol. The number of aryl methyl sites for hydroxylation is 1. The molecule has 0 aliphatic heterocycles. The maximum absolute atomic E-state index is 15.1. The highest BCUT2D eigenvalue weighted by Crippen LogP contribution is 2.40. The minimum Gasteiger partial charge on any atom is -0.311 e. The van der Waals surface area contributed by atoms with Gasteiger partial charge < -0.3 is 4.90 Å². The fraction of sp³-hybridized carbons (Fsp3) is 0.222. The second-order valence-corrected chi connectivity index (χ2v) is 6.38. The van der Waals surface area contributed by atoms with E-state index in [0.717, 1.165) is 27.0 Å². The molecule has 1 heterocycles. The van der Waals surface area contributed by atoms with Gasteiger partial charge in [-0.15, -0.1) is 12.6 Å². The van der Waals surface area contributed by atoms with Crippen LogP contribution < -0.4 is 4.90 Å². The van der Waals surface area contributed by atoms with Crippen molar-refractivity contribution in [1.29, 1.82) is 0 Å². The first-order valence-electron chi connectivity index (χ1n) is 7.52. The number of carbonyl (C=O) groups is 1. The zero-order valence-electron chi connectivity index (χ0n) is 13.9. The highest BCUT2D eigenvalue weighted by atomic mass is 32.1. The van der Waals surface area contributed by atoms with Gasteiger partial charge in [-0.1, -0.05) is 12.1 Å². The van der Waals surface area contributed by atoms with Crippen LogP contribution in [0.2, 0.25) is 0 Å². The van der Waals surface area contributed by atoms with Crippen molar-refractivity contribution in [3.05, 3.63) is 41.3 Å². The summed E-state index contributed by atoms with van der Waals surface area (Å²) in [7, 11) is 1.55. The van der Waals surface area contributed by atoms with Gasteiger partial charge in [-0.2, -0.15) is 5.10 Å². The first-order chi connectivity index (χ1) is 11.3. The van der Waals surface area contributed by atoms with E-state index >= 15 is 4.39 Å². The molecule has 0 bridgehead atoms. The number of halogens is 1. The lowest BCUT2D eigenvalue weighted by molar-refractivity contribution is -0.116. The number of aromatic amines is 1. The van der Waals surface area contributed by atoms with Crippen LogP contribution in [0.3, 0.4) is 0 Å². The molecule has 0 aliphatic rings. The van der Waals surface area contributed by atoms with E-state index in [9.17, 15) is 4.79 Å². The molecular weight excluding hydrogens is 325 g/mol. The summed E-state index contributed by atoms with van der Waals surface area (Å²) in [5, 5.41) is 7.66. The maximum atomic E-state index is 15.1. The molecule has 2 aromatic carbocycles. The number of amides is 1. The third-order valence-electron chi connectivity index (χ3n) is 4.36. The Hall–Kier alpha value is -2.34. The van der Waals surface area contributed by atoms with E-state index in [-0.39, 0.29) is 11.6 Å². The van der Waals surface area contributed by atoms with E-state index in [1.54, 1.807) is 20.2 Å². The monoisotopic (exact) mass is 343 g/mol. The maximum Gasteiger partial charge on any atom is 0.223 e. The first-order valence-corrected chi connectivity index (χ1v) is 7.97. The van der Waals surface area contributed by atoms with Crippen molar-refractivity contribution in [2.75, 3.05) is 11.9 Å². The predicted octanol–water partition coefficient (Wildman–Crippen LogP) is 4.26. The van der Waals surface area contributed by atoms with Crippen molar-refractivity contribution in [3.63, 3.8) is 0 Å². The Balaban J connectivity index is 2.37. The van der Waals surface area contributed by atoms with Crippen LogP contribution in [0.25, 0.3) is 22.0 Å². The molecule has 24 heavy (non-hydrogen) atoms. The van der Waals surface area contributed by atoms with Crippen molar-refractivity contribution in [2.45, 2.75) is 25.7 Å². The molecule has 1 amide bonds. The zero-order chi connectivity index (χ0) is 17.6. The van der Waals surface area contributed by atoms with Gasteiger partial charge in [0.2, 0.25) is 5.91 Å². The highest BCUT2D eigenvalue weighted by molar-refractivity contribution is 7.80. The van der Waals surface area contributed by atoms with E-state index in [1.165, 1.54) is 11.8 Å². The minimum atomic E-state index is -0.430.